The molecule has 4 N–H and O–H groups in total. The van der Waals surface area contributed by atoms with Crippen molar-refractivity contribution in [2.24, 2.45) is 5.73 Å². The molecule has 0 atom stereocenters. The van der Waals surface area contributed by atoms with Crippen LogP contribution in [0.15, 0.2) is 18.3 Å². The lowest BCUT2D eigenvalue weighted by Gasteiger charge is -2.24. The van der Waals surface area contributed by atoms with E-state index in [1.807, 2.05) is 0 Å². The molecular formula is C14H22N4O2. The fourth-order valence-electron chi connectivity index (χ4n) is 1.78. The first-order valence-corrected chi connectivity index (χ1v) is 6.65. The van der Waals surface area contributed by atoms with Gasteiger partial charge < -0.3 is 16.4 Å². The number of hydrogen-bond acceptors (Lipinski definition) is 4. The van der Waals surface area contributed by atoms with E-state index in [0.717, 1.165) is 13.0 Å². The second kappa shape index (κ2) is 6.88. The van der Waals surface area contributed by atoms with E-state index >= 15 is 0 Å². The predicted molar refractivity (Wildman–Crippen MR) is 78.4 cm³/mol. The van der Waals surface area contributed by atoms with Crippen LogP contribution in [-0.4, -0.2) is 28.9 Å². The number of amides is 2. The van der Waals surface area contributed by atoms with Crippen molar-refractivity contribution in [3.63, 3.8) is 0 Å². The monoisotopic (exact) mass is 278 g/mol. The first-order valence-electron chi connectivity index (χ1n) is 6.65. The van der Waals surface area contributed by atoms with Crippen LogP contribution in [0.3, 0.4) is 0 Å². The van der Waals surface area contributed by atoms with E-state index in [2.05, 4.69) is 22.5 Å². The SMILES string of the molecule is CCCNc1cc(C(=O)NC(C)(C)CC(N)=O)ccn1. The molecule has 0 radical (unpaired) electrons. The molecule has 0 aromatic carbocycles. The largest absolute Gasteiger partial charge is 0.370 e. The Morgan fingerprint density at radius 1 is 1.40 bits per heavy atom. The molecule has 0 saturated heterocycles. The number of carbonyl (C=O) groups is 2. The van der Waals surface area contributed by atoms with Crippen LogP contribution in [0.25, 0.3) is 0 Å². The number of nitrogens with one attached hydrogen (secondary N) is 2. The van der Waals surface area contributed by atoms with Crippen molar-refractivity contribution in [3.8, 4) is 0 Å². The maximum atomic E-state index is 12.1. The summed E-state index contributed by atoms with van der Waals surface area (Å²) in [4.78, 5) is 27.2. The number of rotatable bonds is 7. The number of pyridine rings is 1. The second-order valence-corrected chi connectivity index (χ2v) is 5.34. The molecule has 0 saturated carbocycles. The Labute approximate surface area is 119 Å². The van der Waals surface area contributed by atoms with E-state index in [0.29, 0.717) is 11.4 Å². The third kappa shape index (κ3) is 5.26. The van der Waals surface area contributed by atoms with Gasteiger partial charge in [-0.1, -0.05) is 6.92 Å². The molecule has 0 unspecified atom stereocenters. The first-order chi connectivity index (χ1) is 9.34. The van der Waals surface area contributed by atoms with Crippen LogP contribution in [-0.2, 0) is 4.79 Å². The van der Waals surface area contributed by atoms with Crippen LogP contribution in [0, 0.1) is 0 Å². The van der Waals surface area contributed by atoms with Crippen molar-refractivity contribution in [2.75, 3.05) is 11.9 Å². The standard InChI is InChI=1S/C14H22N4O2/c1-4-6-16-12-8-10(5-7-17-12)13(20)18-14(2,3)9-11(15)19/h5,7-8H,4,6,9H2,1-3H3,(H2,15,19)(H,16,17)(H,18,20). The number of nitrogens with zero attached hydrogens (tertiary/aromatic N) is 1. The van der Waals surface area contributed by atoms with Gasteiger partial charge in [0.05, 0.1) is 0 Å². The van der Waals surface area contributed by atoms with E-state index in [9.17, 15) is 9.59 Å². The quantitative estimate of drug-likeness (QED) is 0.700. The zero-order valence-corrected chi connectivity index (χ0v) is 12.2. The molecule has 0 spiro atoms. The Bertz CT molecular complexity index is 486. The molecule has 1 aromatic heterocycles. The highest BCUT2D eigenvalue weighted by molar-refractivity contribution is 5.95. The summed E-state index contributed by atoms with van der Waals surface area (Å²) >= 11 is 0. The van der Waals surface area contributed by atoms with Crippen molar-refractivity contribution in [2.45, 2.75) is 39.2 Å². The van der Waals surface area contributed by atoms with Gasteiger partial charge in [0.1, 0.15) is 5.82 Å². The molecule has 0 bridgehead atoms. The maximum Gasteiger partial charge on any atom is 0.251 e. The fraction of sp³-hybridized carbons (Fsp3) is 0.500. The number of nitrogens with two attached hydrogens (primary N) is 1. The van der Waals surface area contributed by atoms with Crippen LogP contribution in [0.1, 0.15) is 44.0 Å². The summed E-state index contributed by atoms with van der Waals surface area (Å²) < 4.78 is 0. The molecule has 0 aliphatic carbocycles. The predicted octanol–water partition coefficient (Wildman–Crippen LogP) is 1.29. The van der Waals surface area contributed by atoms with Crippen LogP contribution in [0.2, 0.25) is 0 Å². The van der Waals surface area contributed by atoms with Gasteiger partial charge in [0.25, 0.3) is 5.91 Å². The van der Waals surface area contributed by atoms with Gasteiger partial charge in [0, 0.05) is 30.3 Å². The smallest absolute Gasteiger partial charge is 0.251 e. The van der Waals surface area contributed by atoms with Crippen molar-refractivity contribution < 1.29 is 9.59 Å². The third-order valence-electron chi connectivity index (χ3n) is 2.65. The van der Waals surface area contributed by atoms with E-state index in [4.69, 9.17) is 5.73 Å². The van der Waals surface area contributed by atoms with Gasteiger partial charge in [-0.2, -0.15) is 0 Å². The van der Waals surface area contributed by atoms with Crippen LogP contribution in [0.5, 0.6) is 0 Å². The lowest BCUT2D eigenvalue weighted by atomic mass is 9.99. The lowest BCUT2D eigenvalue weighted by Crippen LogP contribution is -2.46. The Morgan fingerprint density at radius 2 is 2.10 bits per heavy atom. The molecule has 0 fully saturated rings. The van der Waals surface area contributed by atoms with E-state index in [1.165, 1.54) is 0 Å². The third-order valence-corrected chi connectivity index (χ3v) is 2.65. The van der Waals surface area contributed by atoms with Crippen molar-refractivity contribution in [3.05, 3.63) is 23.9 Å². The van der Waals surface area contributed by atoms with E-state index < -0.39 is 11.4 Å². The zero-order chi connectivity index (χ0) is 15.2. The number of primary amides is 1. The van der Waals surface area contributed by atoms with Crippen LogP contribution < -0.4 is 16.4 Å². The minimum Gasteiger partial charge on any atom is -0.370 e. The molecule has 20 heavy (non-hydrogen) atoms. The normalized spacial score (nSPS) is 10.9. The Balaban J connectivity index is 2.74. The molecule has 0 aliphatic heterocycles. The molecule has 110 valence electrons. The average molecular weight is 278 g/mol. The summed E-state index contributed by atoms with van der Waals surface area (Å²) in [6, 6.07) is 3.32. The summed E-state index contributed by atoms with van der Waals surface area (Å²) in [6.45, 7) is 6.36. The highest BCUT2D eigenvalue weighted by Crippen LogP contribution is 2.11. The summed E-state index contributed by atoms with van der Waals surface area (Å²) in [5.74, 6) is -0.0410. The summed E-state index contributed by atoms with van der Waals surface area (Å²) in [5, 5.41) is 5.91. The number of aromatic nitrogens is 1. The van der Waals surface area contributed by atoms with Gasteiger partial charge in [0.15, 0.2) is 0 Å². The summed E-state index contributed by atoms with van der Waals surface area (Å²) in [5.41, 5.74) is 4.98. The Morgan fingerprint density at radius 3 is 2.70 bits per heavy atom. The van der Waals surface area contributed by atoms with Gasteiger partial charge in [-0.15, -0.1) is 0 Å². The van der Waals surface area contributed by atoms with Gasteiger partial charge in [-0.25, -0.2) is 4.98 Å². The average Bonchev–Trinajstić information content (AvgIpc) is 2.34. The summed E-state index contributed by atoms with van der Waals surface area (Å²) in [7, 11) is 0. The minimum atomic E-state index is -0.677. The van der Waals surface area contributed by atoms with Crippen molar-refractivity contribution in [1.29, 1.82) is 0 Å². The minimum absolute atomic E-state index is 0.0881. The summed E-state index contributed by atoms with van der Waals surface area (Å²) in [6.07, 6.45) is 2.64. The number of hydrogen-bond donors (Lipinski definition) is 3. The molecular weight excluding hydrogens is 256 g/mol. The molecule has 0 aliphatic rings. The lowest BCUT2D eigenvalue weighted by molar-refractivity contribution is -0.119. The first kappa shape index (κ1) is 15.9. The van der Waals surface area contributed by atoms with Gasteiger partial charge >= 0.3 is 0 Å². The van der Waals surface area contributed by atoms with Gasteiger partial charge in [0.2, 0.25) is 5.91 Å². The number of anilines is 1. The molecule has 1 aromatic rings. The molecule has 2 amide bonds. The Kier molecular flexibility index (Phi) is 5.49. The molecule has 1 rings (SSSR count). The Hall–Kier alpha value is -2.11. The highest BCUT2D eigenvalue weighted by atomic mass is 16.2. The van der Waals surface area contributed by atoms with Gasteiger partial charge in [-0.3, -0.25) is 9.59 Å². The van der Waals surface area contributed by atoms with Crippen molar-refractivity contribution >= 4 is 17.6 Å². The maximum absolute atomic E-state index is 12.1. The molecule has 6 heteroatoms. The van der Waals surface area contributed by atoms with E-state index in [-0.39, 0.29) is 12.3 Å². The van der Waals surface area contributed by atoms with Crippen LogP contribution in [0.4, 0.5) is 5.82 Å². The molecule has 1 heterocycles. The highest BCUT2D eigenvalue weighted by Gasteiger charge is 2.23. The van der Waals surface area contributed by atoms with Crippen LogP contribution >= 0.6 is 0 Å². The topological polar surface area (TPSA) is 97.1 Å². The second-order valence-electron chi connectivity index (χ2n) is 5.34. The van der Waals surface area contributed by atoms with Gasteiger partial charge in [-0.05, 0) is 32.4 Å². The zero-order valence-electron chi connectivity index (χ0n) is 12.2. The number of carbonyl (C=O) groups excluding carboxylic acids is 2. The van der Waals surface area contributed by atoms with E-state index in [1.54, 1.807) is 32.2 Å². The fourth-order valence-corrected chi connectivity index (χ4v) is 1.78. The molecule has 6 nitrogen and oxygen atoms in total. The van der Waals surface area contributed by atoms with Crippen molar-refractivity contribution in [1.82, 2.24) is 10.3 Å².